The second-order valence-corrected chi connectivity index (χ2v) is 8.30. The third kappa shape index (κ3) is 3.87. The van der Waals surface area contributed by atoms with Crippen molar-refractivity contribution in [2.45, 2.75) is 4.90 Å². The van der Waals surface area contributed by atoms with Gasteiger partial charge in [-0.15, -0.1) is 0 Å². The van der Waals surface area contributed by atoms with E-state index >= 15 is 0 Å². The van der Waals surface area contributed by atoms with Crippen molar-refractivity contribution >= 4 is 42.6 Å². The number of carbonyl (C=O) groups excluding carboxylic acids is 1. The van der Waals surface area contributed by atoms with Crippen molar-refractivity contribution in [2.24, 2.45) is 0 Å². The van der Waals surface area contributed by atoms with E-state index in [1.54, 1.807) is 24.3 Å². The molecule has 0 atom stereocenters. The first-order valence-corrected chi connectivity index (χ1v) is 10.1. The lowest BCUT2D eigenvalue weighted by Crippen LogP contribution is -2.18. The van der Waals surface area contributed by atoms with E-state index in [9.17, 15) is 13.2 Å². The van der Waals surface area contributed by atoms with Crippen LogP contribution in [0.5, 0.6) is 11.5 Å². The Morgan fingerprint density at radius 2 is 1.81 bits per heavy atom. The summed E-state index contributed by atoms with van der Waals surface area (Å²) in [6, 6.07) is 9.41. The average molecular weight is 407 g/mol. The number of carbonyl (C=O) groups is 1. The zero-order chi connectivity index (χ0) is 19.6. The van der Waals surface area contributed by atoms with Crippen LogP contribution in [0.2, 0.25) is 0 Å². The van der Waals surface area contributed by atoms with Crippen molar-refractivity contribution in [2.75, 3.05) is 26.6 Å². The van der Waals surface area contributed by atoms with Crippen LogP contribution in [0.15, 0.2) is 41.3 Å². The zero-order valence-electron chi connectivity index (χ0n) is 14.8. The summed E-state index contributed by atoms with van der Waals surface area (Å²) in [4.78, 5) is 16.9. The fourth-order valence-electron chi connectivity index (χ4n) is 2.39. The summed E-state index contributed by atoms with van der Waals surface area (Å²) in [5.41, 5.74) is 0.975. The largest absolute Gasteiger partial charge is 0.493 e. The number of benzene rings is 2. The van der Waals surface area contributed by atoms with E-state index in [1.807, 2.05) is 0 Å². The Labute approximate surface area is 160 Å². The van der Waals surface area contributed by atoms with Crippen molar-refractivity contribution in [3.05, 3.63) is 42.0 Å². The summed E-state index contributed by atoms with van der Waals surface area (Å²) in [6.45, 7) is 0. The van der Waals surface area contributed by atoms with Crippen LogP contribution in [-0.4, -0.2) is 40.6 Å². The number of hydrogen-bond acceptors (Lipinski definition) is 7. The van der Waals surface area contributed by atoms with Crippen molar-refractivity contribution in [3.8, 4) is 11.5 Å². The molecule has 1 aromatic heterocycles. The van der Waals surface area contributed by atoms with Crippen LogP contribution in [0.4, 0.5) is 5.13 Å². The lowest BCUT2D eigenvalue weighted by atomic mass is 10.2. The van der Waals surface area contributed by atoms with Crippen molar-refractivity contribution in [1.82, 2.24) is 9.71 Å². The van der Waals surface area contributed by atoms with Gasteiger partial charge in [-0.1, -0.05) is 11.3 Å². The van der Waals surface area contributed by atoms with E-state index < -0.39 is 10.0 Å². The van der Waals surface area contributed by atoms with Gasteiger partial charge in [0, 0.05) is 5.56 Å². The van der Waals surface area contributed by atoms with Gasteiger partial charge in [-0.25, -0.2) is 18.1 Å². The molecule has 10 heteroatoms. The number of ether oxygens (including phenoxy) is 2. The number of nitrogens with one attached hydrogen (secondary N) is 2. The van der Waals surface area contributed by atoms with Crippen LogP contribution in [0.3, 0.4) is 0 Å². The number of rotatable bonds is 6. The molecule has 0 aliphatic rings. The highest BCUT2D eigenvalue weighted by molar-refractivity contribution is 7.89. The van der Waals surface area contributed by atoms with E-state index in [0.29, 0.717) is 32.4 Å². The Morgan fingerprint density at radius 3 is 2.48 bits per heavy atom. The van der Waals surface area contributed by atoms with E-state index in [0.717, 1.165) is 0 Å². The SMILES string of the molecule is CNS(=O)(=O)c1ccc2nc(NC(=O)c3ccc(OC)c(OC)c3)sc2c1. The van der Waals surface area contributed by atoms with Gasteiger partial charge in [0.1, 0.15) is 0 Å². The van der Waals surface area contributed by atoms with E-state index in [2.05, 4.69) is 15.0 Å². The molecule has 142 valence electrons. The molecule has 8 nitrogen and oxygen atoms in total. The molecular weight excluding hydrogens is 390 g/mol. The van der Waals surface area contributed by atoms with Gasteiger partial charge in [-0.2, -0.15) is 0 Å². The highest BCUT2D eigenvalue weighted by Crippen LogP contribution is 2.30. The Hall–Kier alpha value is -2.69. The topological polar surface area (TPSA) is 107 Å². The van der Waals surface area contributed by atoms with Crippen LogP contribution < -0.4 is 19.5 Å². The van der Waals surface area contributed by atoms with Crippen LogP contribution in [0, 0.1) is 0 Å². The molecule has 0 fully saturated rings. The van der Waals surface area contributed by atoms with Gasteiger partial charge in [0.2, 0.25) is 10.0 Å². The first kappa shape index (κ1) is 19.1. The third-order valence-electron chi connectivity index (χ3n) is 3.81. The number of methoxy groups -OCH3 is 2. The molecule has 0 saturated carbocycles. The number of thiazole rings is 1. The number of hydrogen-bond donors (Lipinski definition) is 2. The van der Waals surface area contributed by atoms with Crippen molar-refractivity contribution in [3.63, 3.8) is 0 Å². The Balaban J connectivity index is 1.87. The summed E-state index contributed by atoms with van der Waals surface area (Å²) < 4.78 is 37.1. The van der Waals surface area contributed by atoms with E-state index in [1.165, 1.54) is 44.7 Å². The van der Waals surface area contributed by atoms with Crippen molar-refractivity contribution in [1.29, 1.82) is 0 Å². The first-order chi connectivity index (χ1) is 12.9. The molecule has 1 heterocycles. The highest BCUT2D eigenvalue weighted by Gasteiger charge is 2.16. The van der Waals surface area contributed by atoms with Crippen LogP contribution in [-0.2, 0) is 10.0 Å². The molecule has 0 spiro atoms. The smallest absolute Gasteiger partial charge is 0.257 e. The standard InChI is InChI=1S/C17H17N3O5S2/c1-18-27(22,23)11-5-6-12-15(9-11)26-17(19-12)20-16(21)10-4-7-13(24-2)14(8-10)25-3/h4-9,18H,1-3H3,(H,19,20,21). The Kier molecular flexibility index (Phi) is 5.31. The molecule has 0 aliphatic heterocycles. The maximum Gasteiger partial charge on any atom is 0.257 e. The maximum atomic E-state index is 12.5. The lowest BCUT2D eigenvalue weighted by Gasteiger charge is -2.09. The molecule has 0 unspecified atom stereocenters. The molecule has 3 aromatic rings. The molecular formula is C17H17N3O5S2. The molecule has 0 aliphatic carbocycles. The van der Waals surface area contributed by atoms with Gasteiger partial charge in [0.15, 0.2) is 16.6 Å². The Bertz CT molecular complexity index is 1110. The molecule has 1 amide bonds. The molecule has 0 saturated heterocycles. The summed E-state index contributed by atoms with van der Waals surface area (Å²) in [5.74, 6) is 0.599. The number of fused-ring (bicyclic) bond motifs is 1. The van der Waals surface area contributed by atoms with Gasteiger partial charge in [0.05, 0.1) is 29.3 Å². The molecule has 3 rings (SSSR count). The van der Waals surface area contributed by atoms with Crippen LogP contribution in [0.25, 0.3) is 10.2 Å². The number of nitrogens with zero attached hydrogens (tertiary/aromatic N) is 1. The minimum Gasteiger partial charge on any atom is -0.493 e. The summed E-state index contributed by atoms with van der Waals surface area (Å²) in [6.07, 6.45) is 0. The minimum atomic E-state index is -3.54. The monoisotopic (exact) mass is 407 g/mol. The fraction of sp³-hybridized carbons (Fsp3) is 0.176. The van der Waals surface area contributed by atoms with E-state index in [-0.39, 0.29) is 10.8 Å². The normalized spacial score (nSPS) is 11.4. The molecule has 2 aromatic carbocycles. The molecule has 0 radical (unpaired) electrons. The van der Waals surface area contributed by atoms with Crippen LogP contribution >= 0.6 is 11.3 Å². The molecule has 0 bridgehead atoms. The fourth-order valence-corrected chi connectivity index (χ4v) is 4.12. The van der Waals surface area contributed by atoms with Gasteiger partial charge >= 0.3 is 0 Å². The number of aromatic nitrogens is 1. The number of anilines is 1. The second kappa shape index (κ2) is 7.51. The van der Waals surface area contributed by atoms with Gasteiger partial charge < -0.3 is 9.47 Å². The zero-order valence-corrected chi connectivity index (χ0v) is 16.4. The quantitative estimate of drug-likeness (QED) is 0.650. The van der Waals surface area contributed by atoms with Gasteiger partial charge in [-0.05, 0) is 43.4 Å². The summed E-state index contributed by atoms with van der Waals surface area (Å²) in [7, 11) is 0.808. The number of sulfonamides is 1. The predicted octanol–water partition coefficient (Wildman–Crippen LogP) is 2.47. The highest BCUT2D eigenvalue weighted by atomic mass is 32.2. The first-order valence-electron chi connectivity index (χ1n) is 7.75. The Morgan fingerprint density at radius 1 is 1.07 bits per heavy atom. The third-order valence-corrected chi connectivity index (χ3v) is 6.15. The second-order valence-electron chi connectivity index (χ2n) is 5.38. The number of amides is 1. The lowest BCUT2D eigenvalue weighted by molar-refractivity contribution is 0.102. The average Bonchev–Trinajstić information content (AvgIpc) is 3.08. The van der Waals surface area contributed by atoms with E-state index in [4.69, 9.17) is 9.47 Å². The van der Waals surface area contributed by atoms with Gasteiger partial charge in [0.25, 0.3) is 5.91 Å². The van der Waals surface area contributed by atoms with Gasteiger partial charge in [-0.3, -0.25) is 10.1 Å². The predicted molar refractivity (Wildman–Crippen MR) is 103 cm³/mol. The molecule has 2 N–H and O–H groups in total. The summed E-state index contributed by atoms with van der Waals surface area (Å²) in [5, 5.41) is 3.08. The van der Waals surface area contributed by atoms with Crippen molar-refractivity contribution < 1.29 is 22.7 Å². The van der Waals surface area contributed by atoms with Crippen LogP contribution in [0.1, 0.15) is 10.4 Å². The maximum absolute atomic E-state index is 12.5. The minimum absolute atomic E-state index is 0.138. The summed E-state index contributed by atoms with van der Waals surface area (Å²) >= 11 is 1.19. The molecule has 27 heavy (non-hydrogen) atoms.